The maximum Gasteiger partial charge on any atom is 0.0714 e. The number of nitrogens with zero attached hydrogens (tertiary/aromatic N) is 1. The number of rotatable bonds is 3. The molecule has 0 fully saturated rings. The van der Waals surface area contributed by atoms with Gasteiger partial charge in [-0.15, -0.1) is 0 Å². The van der Waals surface area contributed by atoms with Crippen molar-refractivity contribution < 1.29 is 0 Å². The fourth-order valence-corrected chi connectivity index (χ4v) is 2.71. The van der Waals surface area contributed by atoms with Gasteiger partial charge in [-0.05, 0) is 43.5 Å². The van der Waals surface area contributed by atoms with E-state index in [4.69, 9.17) is 4.99 Å². The number of hydrogen-bond acceptors (Lipinski definition) is 1. The summed E-state index contributed by atoms with van der Waals surface area (Å²) in [6.45, 7) is 6.29. The normalized spacial score (nSPS) is 11.5. The summed E-state index contributed by atoms with van der Waals surface area (Å²) in [5.74, 6) is 0. The van der Waals surface area contributed by atoms with Crippen LogP contribution in [0.4, 0.5) is 5.69 Å². The zero-order valence-corrected chi connectivity index (χ0v) is 13.9. The third-order valence-electron chi connectivity index (χ3n) is 3.96. The van der Waals surface area contributed by atoms with Crippen LogP contribution in [-0.2, 0) is 0 Å². The van der Waals surface area contributed by atoms with E-state index >= 15 is 0 Å². The molecule has 0 N–H and O–H groups in total. The number of hydrogen-bond donors (Lipinski definition) is 0. The van der Waals surface area contributed by atoms with Gasteiger partial charge in [0.15, 0.2) is 0 Å². The molecule has 0 amide bonds. The van der Waals surface area contributed by atoms with E-state index in [1.165, 1.54) is 27.8 Å². The molecule has 3 rings (SSSR count). The summed E-state index contributed by atoms with van der Waals surface area (Å²) in [4.78, 5) is 4.92. The molecule has 1 heteroatoms. The summed E-state index contributed by atoms with van der Waals surface area (Å²) in [6, 6.07) is 25.4. The van der Waals surface area contributed by atoms with Crippen LogP contribution in [0.1, 0.15) is 23.6 Å². The first-order chi connectivity index (χ1) is 11.1. The lowest BCUT2D eigenvalue weighted by Crippen LogP contribution is -1.95. The Morgan fingerprint density at radius 1 is 0.739 bits per heavy atom. The third kappa shape index (κ3) is 3.57. The van der Waals surface area contributed by atoms with Crippen LogP contribution in [0.5, 0.6) is 0 Å². The number of aryl methyl sites for hydroxylation is 2. The molecule has 0 atom stereocenters. The number of benzene rings is 3. The van der Waals surface area contributed by atoms with E-state index in [0.717, 1.165) is 11.4 Å². The Hall–Kier alpha value is -2.67. The number of aliphatic imine (C=N–C) groups is 1. The molecule has 1 nitrogen and oxygen atoms in total. The monoisotopic (exact) mass is 299 g/mol. The van der Waals surface area contributed by atoms with Crippen molar-refractivity contribution in [2.24, 2.45) is 4.99 Å². The van der Waals surface area contributed by atoms with E-state index < -0.39 is 0 Å². The van der Waals surface area contributed by atoms with Crippen molar-refractivity contribution in [1.29, 1.82) is 0 Å². The van der Waals surface area contributed by atoms with Crippen molar-refractivity contribution in [3.63, 3.8) is 0 Å². The quantitative estimate of drug-likeness (QED) is 0.517. The molecule has 0 aromatic heterocycles. The highest BCUT2D eigenvalue weighted by atomic mass is 14.7. The molecular weight excluding hydrogens is 278 g/mol. The van der Waals surface area contributed by atoms with Crippen LogP contribution in [0.25, 0.3) is 11.1 Å². The molecule has 0 unspecified atom stereocenters. The summed E-state index contributed by atoms with van der Waals surface area (Å²) in [5.41, 5.74) is 8.08. The smallest absolute Gasteiger partial charge is 0.0714 e. The Morgan fingerprint density at radius 2 is 1.48 bits per heavy atom. The average molecular weight is 299 g/mol. The Labute approximate surface area is 138 Å². The van der Waals surface area contributed by atoms with Gasteiger partial charge in [0.05, 0.1) is 5.69 Å². The Morgan fingerprint density at radius 3 is 2.22 bits per heavy atom. The topological polar surface area (TPSA) is 12.4 Å². The van der Waals surface area contributed by atoms with Crippen molar-refractivity contribution >= 4 is 11.4 Å². The van der Waals surface area contributed by atoms with E-state index in [-0.39, 0.29) is 0 Å². The largest absolute Gasteiger partial charge is 0.252 e. The van der Waals surface area contributed by atoms with E-state index in [2.05, 4.69) is 87.5 Å². The van der Waals surface area contributed by atoms with Gasteiger partial charge in [0, 0.05) is 11.3 Å². The highest BCUT2D eigenvalue weighted by molar-refractivity contribution is 6.01. The lowest BCUT2D eigenvalue weighted by Gasteiger charge is -2.09. The lowest BCUT2D eigenvalue weighted by atomic mass is 10.0. The van der Waals surface area contributed by atoms with Gasteiger partial charge in [-0.1, -0.05) is 72.3 Å². The van der Waals surface area contributed by atoms with Crippen molar-refractivity contribution in [1.82, 2.24) is 0 Å². The second-order valence-corrected chi connectivity index (χ2v) is 5.95. The molecule has 0 aliphatic rings. The van der Waals surface area contributed by atoms with Crippen molar-refractivity contribution in [3.05, 3.63) is 89.5 Å². The maximum absolute atomic E-state index is 4.92. The van der Waals surface area contributed by atoms with E-state index in [0.29, 0.717) is 0 Å². The predicted octanol–water partition coefficient (Wildman–Crippen LogP) is 6.11. The van der Waals surface area contributed by atoms with Gasteiger partial charge < -0.3 is 0 Å². The van der Waals surface area contributed by atoms with Crippen LogP contribution >= 0.6 is 0 Å². The van der Waals surface area contributed by atoms with Crippen LogP contribution in [0.2, 0.25) is 0 Å². The second kappa shape index (κ2) is 6.62. The molecule has 0 aliphatic heterocycles. The van der Waals surface area contributed by atoms with E-state index in [9.17, 15) is 0 Å². The zero-order valence-electron chi connectivity index (χ0n) is 13.9. The van der Waals surface area contributed by atoms with Crippen LogP contribution in [0.3, 0.4) is 0 Å². The van der Waals surface area contributed by atoms with Gasteiger partial charge in [-0.25, -0.2) is 0 Å². The van der Waals surface area contributed by atoms with E-state index in [1.54, 1.807) is 0 Å². The van der Waals surface area contributed by atoms with Gasteiger partial charge >= 0.3 is 0 Å². The molecule has 3 aromatic carbocycles. The summed E-state index contributed by atoms with van der Waals surface area (Å²) in [6.07, 6.45) is 0. The fourth-order valence-electron chi connectivity index (χ4n) is 2.71. The zero-order chi connectivity index (χ0) is 16.2. The minimum atomic E-state index is 1.02. The summed E-state index contributed by atoms with van der Waals surface area (Å²) < 4.78 is 0. The van der Waals surface area contributed by atoms with Gasteiger partial charge in [-0.2, -0.15) is 0 Å². The van der Waals surface area contributed by atoms with Crippen LogP contribution in [-0.4, -0.2) is 5.71 Å². The van der Waals surface area contributed by atoms with Gasteiger partial charge in [0.25, 0.3) is 0 Å². The molecule has 0 heterocycles. The summed E-state index contributed by atoms with van der Waals surface area (Å²) in [5, 5.41) is 0. The molecule has 114 valence electrons. The highest BCUT2D eigenvalue weighted by Gasteiger charge is 2.06. The van der Waals surface area contributed by atoms with Crippen LogP contribution in [0, 0.1) is 13.8 Å². The van der Waals surface area contributed by atoms with Gasteiger partial charge in [0.1, 0.15) is 0 Å². The first kappa shape index (κ1) is 15.2. The van der Waals surface area contributed by atoms with Crippen molar-refractivity contribution in [2.45, 2.75) is 20.8 Å². The Bertz CT molecular complexity index is 845. The summed E-state index contributed by atoms with van der Waals surface area (Å²) >= 11 is 0. The maximum atomic E-state index is 4.92. The second-order valence-electron chi connectivity index (χ2n) is 5.95. The molecule has 23 heavy (non-hydrogen) atoms. The molecule has 0 radical (unpaired) electrons. The van der Waals surface area contributed by atoms with Crippen LogP contribution < -0.4 is 0 Å². The van der Waals surface area contributed by atoms with Crippen molar-refractivity contribution in [3.8, 4) is 11.1 Å². The molecule has 0 saturated carbocycles. The Kier molecular flexibility index (Phi) is 4.38. The minimum absolute atomic E-state index is 1.02. The van der Waals surface area contributed by atoms with Gasteiger partial charge in [-0.3, -0.25) is 4.99 Å². The SMILES string of the molecule is CC(=Nc1cc(C)ccc1-c1ccccc1)c1cccc(C)c1. The molecule has 0 saturated heterocycles. The van der Waals surface area contributed by atoms with Crippen molar-refractivity contribution in [2.75, 3.05) is 0 Å². The summed E-state index contributed by atoms with van der Waals surface area (Å²) in [7, 11) is 0. The molecule has 0 aliphatic carbocycles. The fraction of sp³-hybridized carbons (Fsp3) is 0.136. The molecule has 3 aromatic rings. The molecule has 0 spiro atoms. The highest BCUT2D eigenvalue weighted by Crippen LogP contribution is 2.31. The van der Waals surface area contributed by atoms with Gasteiger partial charge in [0.2, 0.25) is 0 Å². The first-order valence-electron chi connectivity index (χ1n) is 7.92. The minimum Gasteiger partial charge on any atom is -0.252 e. The first-order valence-corrected chi connectivity index (χ1v) is 7.92. The standard InChI is InChI=1S/C22H21N/c1-16-8-7-11-20(14-16)18(3)23-22-15-17(2)12-13-21(22)19-9-5-4-6-10-19/h4-15H,1-3H3. The lowest BCUT2D eigenvalue weighted by molar-refractivity contribution is 1.40. The predicted molar refractivity (Wildman–Crippen MR) is 99.7 cm³/mol. The molecular formula is C22H21N. The van der Waals surface area contributed by atoms with E-state index in [1.807, 2.05) is 6.07 Å². The Balaban J connectivity index is 2.09. The van der Waals surface area contributed by atoms with Crippen LogP contribution in [0.15, 0.2) is 77.8 Å². The molecule has 0 bridgehead atoms. The third-order valence-corrected chi connectivity index (χ3v) is 3.96. The average Bonchev–Trinajstić information content (AvgIpc) is 2.56.